The highest BCUT2D eigenvalue weighted by atomic mass is 79.9. The van der Waals surface area contributed by atoms with Crippen LogP contribution in [0.3, 0.4) is 0 Å². The van der Waals surface area contributed by atoms with Gasteiger partial charge in [-0.05, 0) is 30.7 Å². The average molecular weight is 278 g/mol. The number of nitrogens with one attached hydrogen (secondary N) is 1. The van der Waals surface area contributed by atoms with Crippen LogP contribution < -0.4 is 5.32 Å². The molecule has 2 aromatic rings. The van der Waals surface area contributed by atoms with Crippen LogP contribution in [-0.2, 0) is 6.54 Å². The predicted octanol–water partition coefficient (Wildman–Crippen LogP) is 3.16. The Bertz CT molecular complexity index is 468. The first kappa shape index (κ1) is 11.1. The first-order chi connectivity index (χ1) is 7.74. The fourth-order valence-corrected chi connectivity index (χ4v) is 1.61. The van der Waals surface area contributed by atoms with Crippen LogP contribution in [0, 0.1) is 6.92 Å². The molecular formula is C12H12BrN3. The quantitative estimate of drug-likeness (QED) is 0.937. The van der Waals surface area contributed by atoms with Gasteiger partial charge < -0.3 is 5.32 Å². The van der Waals surface area contributed by atoms with Gasteiger partial charge in [-0.3, -0.25) is 0 Å². The third-order valence-electron chi connectivity index (χ3n) is 2.16. The summed E-state index contributed by atoms with van der Waals surface area (Å²) in [5.41, 5.74) is 1.22. The van der Waals surface area contributed by atoms with Crippen LogP contribution in [0.1, 0.15) is 11.4 Å². The standard InChI is InChI=1S/C12H12BrN3/c1-9-14-7-6-12(16-9)15-8-10-2-4-11(13)5-3-10/h2-7H,8H2,1H3,(H,14,15,16). The Morgan fingerprint density at radius 3 is 2.62 bits per heavy atom. The second-order valence-corrected chi connectivity index (χ2v) is 4.38. The van der Waals surface area contributed by atoms with Gasteiger partial charge in [0.25, 0.3) is 0 Å². The Balaban J connectivity index is 1.99. The molecule has 0 aliphatic heterocycles. The number of halogens is 1. The summed E-state index contributed by atoms with van der Waals surface area (Å²) in [4.78, 5) is 8.32. The van der Waals surface area contributed by atoms with Gasteiger partial charge in [-0.25, -0.2) is 9.97 Å². The number of rotatable bonds is 3. The summed E-state index contributed by atoms with van der Waals surface area (Å²) in [6.07, 6.45) is 1.76. The van der Waals surface area contributed by atoms with Crippen molar-refractivity contribution in [3.63, 3.8) is 0 Å². The summed E-state index contributed by atoms with van der Waals surface area (Å²) in [5.74, 6) is 1.64. The number of hydrogen-bond donors (Lipinski definition) is 1. The van der Waals surface area contributed by atoms with Crippen LogP contribution in [0.25, 0.3) is 0 Å². The fraction of sp³-hybridized carbons (Fsp3) is 0.167. The van der Waals surface area contributed by atoms with Crippen molar-refractivity contribution < 1.29 is 0 Å². The fourth-order valence-electron chi connectivity index (χ4n) is 1.35. The van der Waals surface area contributed by atoms with E-state index < -0.39 is 0 Å². The minimum Gasteiger partial charge on any atom is -0.366 e. The van der Waals surface area contributed by atoms with Crippen molar-refractivity contribution in [1.29, 1.82) is 0 Å². The molecule has 0 fully saturated rings. The van der Waals surface area contributed by atoms with Crippen molar-refractivity contribution in [2.24, 2.45) is 0 Å². The Hall–Kier alpha value is -1.42. The Morgan fingerprint density at radius 2 is 1.94 bits per heavy atom. The van der Waals surface area contributed by atoms with Crippen LogP contribution >= 0.6 is 15.9 Å². The Morgan fingerprint density at radius 1 is 1.19 bits per heavy atom. The molecule has 1 aromatic heterocycles. The van der Waals surface area contributed by atoms with E-state index in [0.717, 1.165) is 22.7 Å². The summed E-state index contributed by atoms with van der Waals surface area (Å²) in [6, 6.07) is 10.1. The number of nitrogens with zero attached hydrogens (tertiary/aromatic N) is 2. The Labute approximate surface area is 103 Å². The lowest BCUT2D eigenvalue weighted by Crippen LogP contribution is -2.02. The largest absolute Gasteiger partial charge is 0.366 e. The maximum Gasteiger partial charge on any atom is 0.129 e. The second kappa shape index (κ2) is 5.07. The first-order valence-electron chi connectivity index (χ1n) is 5.02. The van der Waals surface area contributed by atoms with E-state index in [4.69, 9.17) is 0 Å². The van der Waals surface area contributed by atoms with Crippen molar-refractivity contribution in [3.8, 4) is 0 Å². The van der Waals surface area contributed by atoms with E-state index in [9.17, 15) is 0 Å². The van der Waals surface area contributed by atoms with Gasteiger partial charge in [0, 0.05) is 17.2 Å². The second-order valence-electron chi connectivity index (χ2n) is 3.47. The third kappa shape index (κ3) is 3.03. The minimum atomic E-state index is 0.768. The molecule has 0 radical (unpaired) electrons. The molecule has 0 spiro atoms. The molecular weight excluding hydrogens is 266 g/mol. The van der Waals surface area contributed by atoms with Crippen LogP contribution in [0.4, 0.5) is 5.82 Å². The van der Waals surface area contributed by atoms with E-state index in [0.29, 0.717) is 0 Å². The molecule has 82 valence electrons. The molecule has 0 unspecified atom stereocenters. The zero-order valence-corrected chi connectivity index (χ0v) is 10.5. The summed E-state index contributed by atoms with van der Waals surface area (Å²) < 4.78 is 1.09. The molecule has 16 heavy (non-hydrogen) atoms. The number of benzene rings is 1. The van der Waals surface area contributed by atoms with Gasteiger partial charge >= 0.3 is 0 Å². The third-order valence-corrected chi connectivity index (χ3v) is 2.69. The summed E-state index contributed by atoms with van der Waals surface area (Å²) in [5, 5.41) is 3.25. The molecule has 0 atom stereocenters. The van der Waals surface area contributed by atoms with Crippen LogP contribution in [-0.4, -0.2) is 9.97 Å². The van der Waals surface area contributed by atoms with Gasteiger partial charge in [-0.15, -0.1) is 0 Å². The topological polar surface area (TPSA) is 37.8 Å². The molecule has 4 heteroatoms. The highest BCUT2D eigenvalue weighted by molar-refractivity contribution is 9.10. The lowest BCUT2D eigenvalue weighted by atomic mass is 10.2. The number of anilines is 1. The van der Waals surface area contributed by atoms with Crippen molar-refractivity contribution in [2.45, 2.75) is 13.5 Å². The molecule has 0 aliphatic carbocycles. The van der Waals surface area contributed by atoms with Crippen LogP contribution in [0.5, 0.6) is 0 Å². The van der Waals surface area contributed by atoms with Gasteiger partial charge in [0.2, 0.25) is 0 Å². The molecule has 1 N–H and O–H groups in total. The van der Waals surface area contributed by atoms with Crippen molar-refractivity contribution in [2.75, 3.05) is 5.32 Å². The highest BCUT2D eigenvalue weighted by Crippen LogP contribution is 2.11. The maximum absolute atomic E-state index is 4.27. The van der Waals surface area contributed by atoms with E-state index >= 15 is 0 Å². The van der Waals surface area contributed by atoms with Gasteiger partial charge in [-0.2, -0.15) is 0 Å². The smallest absolute Gasteiger partial charge is 0.129 e. The molecule has 0 saturated carbocycles. The monoisotopic (exact) mass is 277 g/mol. The average Bonchev–Trinajstić information content (AvgIpc) is 2.28. The molecule has 2 rings (SSSR count). The van der Waals surface area contributed by atoms with Gasteiger partial charge in [-0.1, -0.05) is 28.1 Å². The molecule has 0 amide bonds. The van der Waals surface area contributed by atoms with E-state index in [-0.39, 0.29) is 0 Å². The number of aromatic nitrogens is 2. The lowest BCUT2D eigenvalue weighted by molar-refractivity contribution is 1.02. The van der Waals surface area contributed by atoms with Gasteiger partial charge in [0.05, 0.1) is 0 Å². The van der Waals surface area contributed by atoms with E-state index in [1.165, 1.54) is 5.56 Å². The highest BCUT2D eigenvalue weighted by Gasteiger charge is 1.96. The van der Waals surface area contributed by atoms with E-state index in [1.807, 2.05) is 25.1 Å². The normalized spacial score (nSPS) is 10.1. The van der Waals surface area contributed by atoms with Gasteiger partial charge in [0.15, 0.2) is 0 Å². The predicted molar refractivity (Wildman–Crippen MR) is 68.2 cm³/mol. The van der Waals surface area contributed by atoms with E-state index in [2.05, 4.69) is 43.3 Å². The number of hydrogen-bond acceptors (Lipinski definition) is 3. The summed E-state index contributed by atoms with van der Waals surface area (Å²) in [7, 11) is 0. The molecule has 1 aromatic carbocycles. The minimum absolute atomic E-state index is 0.768. The molecule has 1 heterocycles. The molecule has 3 nitrogen and oxygen atoms in total. The summed E-state index contributed by atoms with van der Waals surface area (Å²) in [6.45, 7) is 2.65. The van der Waals surface area contributed by atoms with Crippen molar-refractivity contribution >= 4 is 21.7 Å². The maximum atomic E-state index is 4.27. The zero-order valence-electron chi connectivity index (χ0n) is 8.94. The van der Waals surface area contributed by atoms with Crippen molar-refractivity contribution in [1.82, 2.24) is 9.97 Å². The zero-order chi connectivity index (χ0) is 11.4. The molecule has 0 saturated heterocycles. The first-order valence-corrected chi connectivity index (χ1v) is 5.81. The molecule has 0 aliphatic rings. The van der Waals surface area contributed by atoms with E-state index in [1.54, 1.807) is 6.20 Å². The SMILES string of the molecule is Cc1nccc(NCc2ccc(Br)cc2)n1. The molecule has 0 bridgehead atoms. The number of aryl methyl sites for hydroxylation is 1. The lowest BCUT2D eigenvalue weighted by Gasteiger charge is -2.05. The van der Waals surface area contributed by atoms with Gasteiger partial charge in [0.1, 0.15) is 11.6 Å². The van der Waals surface area contributed by atoms with Crippen LogP contribution in [0.15, 0.2) is 41.0 Å². The summed E-state index contributed by atoms with van der Waals surface area (Å²) >= 11 is 3.41. The van der Waals surface area contributed by atoms with Crippen molar-refractivity contribution in [3.05, 3.63) is 52.4 Å². The van der Waals surface area contributed by atoms with Crippen LogP contribution in [0.2, 0.25) is 0 Å². The Kier molecular flexibility index (Phi) is 3.51.